The minimum Gasteiger partial charge on any atom is -0.324 e. The van der Waals surface area contributed by atoms with Crippen molar-refractivity contribution in [3.05, 3.63) is 47.0 Å². The van der Waals surface area contributed by atoms with Gasteiger partial charge >= 0.3 is 6.18 Å². The Hall–Kier alpha value is -2.42. The van der Waals surface area contributed by atoms with Gasteiger partial charge in [0.2, 0.25) is 5.91 Å². The Morgan fingerprint density at radius 3 is 2.76 bits per heavy atom. The Morgan fingerprint density at radius 1 is 1.36 bits per heavy atom. The summed E-state index contributed by atoms with van der Waals surface area (Å²) in [5, 5.41) is 2.00. The fourth-order valence-corrected chi connectivity index (χ4v) is 3.20. The van der Waals surface area contributed by atoms with Gasteiger partial charge in [-0.3, -0.25) is 14.5 Å². The van der Waals surface area contributed by atoms with E-state index < -0.39 is 17.6 Å². The van der Waals surface area contributed by atoms with Gasteiger partial charge in [-0.15, -0.1) is 11.3 Å². The number of nitrogens with zero attached hydrogens (tertiary/aromatic N) is 3. The van der Waals surface area contributed by atoms with E-state index in [-0.39, 0.29) is 18.1 Å². The molecule has 132 valence electrons. The average molecular weight is 369 g/mol. The van der Waals surface area contributed by atoms with Crippen LogP contribution in [0.15, 0.2) is 35.8 Å². The largest absolute Gasteiger partial charge is 0.416 e. The molecule has 0 spiro atoms. The van der Waals surface area contributed by atoms with E-state index in [9.17, 15) is 22.8 Å². The summed E-state index contributed by atoms with van der Waals surface area (Å²) in [5.74, 6) is -0.709. The fraction of sp³-hybridized carbons (Fsp3) is 0.312. The van der Waals surface area contributed by atoms with Gasteiger partial charge in [-0.2, -0.15) is 13.2 Å². The van der Waals surface area contributed by atoms with Gasteiger partial charge in [-0.1, -0.05) is 6.07 Å². The first kappa shape index (κ1) is 17.4. The lowest BCUT2D eigenvalue weighted by atomic mass is 10.1. The van der Waals surface area contributed by atoms with Crippen LogP contribution >= 0.6 is 11.3 Å². The van der Waals surface area contributed by atoms with E-state index in [1.54, 1.807) is 5.38 Å². The summed E-state index contributed by atoms with van der Waals surface area (Å²) in [6.45, 7) is 0.484. The van der Waals surface area contributed by atoms with Crippen LogP contribution in [0.3, 0.4) is 0 Å². The molecule has 0 aliphatic carbocycles. The summed E-state index contributed by atoms with van der Waals surface area (Å²) in [7, 11) is 0. The maximum Gasteiger partial charge on any atom is 0.416 e. The van der Waals surface area contributed by atoms with Crippen molar-refractivity contribution >= 4 is 28.3 Å². The lowest BCUT2D eigenvalue weighted by Crippen LogP contribution is -2.42. The molecule has 1 fully saturated rings. The first-order valence-corrected chi connectivity index (χ1v) is 8.40. The maximum absolute atomic E-state index is 12.9. The highest BCUT2D eigenvalue weighted by molar-refractivity contribution is 7.13. The molecule has 1 aromatic heterocycles. The van der Waals surface area contributed by atoms with Crippen LogP contribution in [-0.2, 0) is 11.0 Å². The lowest BCUT2D eigenvalue weighted by Gasteiger charge is -2.26. The quantitative estimate of drug-likeness (QED) is 0.830. The highest BCUT2D eigenvalue weighted by atomic mass is 32.1. The Morgan fingerprint density at radius 2 is 2.16 bits per heavy atom. The molecule has 0 saturated carbocycles. The second kappa shape index (κ2) is 6.83. The molecule has 0 unspecified atom stereocenters. The van der Waals surface area contributed by atoms with Gasteiger partial charge in [0.25, 0.3) is 5.91 Å². The first-order chi connectivity index (χ1) is 11.9. The van der Waals surface area contributed by atoms with Crippen molar-refractivity contribution in [1.29, 1.82) is 0 Å². The number of anilines is 1. The van der Waals surface area contributed by atoms with Crippen LogP contribution in [0.5, 0.6) is 0 Å². The zero-order chi connectivity index (χ0) is 18.0. The minimum atomic E-state index is -4.53. The molecule has 0 atom stereocenters. The van der Waals surface area contributed by atoms with Crippen LogP contribution in [0.4, 0.5) is 18.3 Å². The molecule has 1 saturated heterocycles. The van der Waals surface area contributed by atoms with Crippen molar-refractivity contribution in [2.45, 2.75) is 19.0 Å². The molecule has 3 rings (SSSR count). The molecule has 1 aliphatic rings. The molecule has 2 amide bonds. The number of hydrogen-bond acceptors (Lipinski definition) is 4. The van der Waals surface area contributed by atoms with Crippen LogP contribution in [0.2, 0.25) is 0 Å². The normalized spacial score (nSPS) is 14.8. The van der Waals surface area contributed by atoms with E-state index in [0.29, 0.717) is 24.5 Å². The summed E-state index contributed by atoms with van der Waals surface area (Å²) < 4.78 is 38.7. The van der Waals surface area contributed by atoms with Crippen molar-refractivity contribution in [2.24, 2.45) is 0 Å². The zero-order valence-electron chi connectivity index (χ0n) is 13.0. The molecule has 1 aromatic carbocycles. The summed E-state index contributed by atoms with van der Waals surface area (Å²) in [6, 6.07) is 4.24. The standard InChI is InChI=1S/C16H14F3N3O2S/c17-16(18,19)12-4-1-3-11(9-12)14(24)22(15-20-6-8-25-15)10-21-7-2-5-13(21)23/h1,3-4,6,8-9H,2,5,7,10H2. The Labute approximate surface area is 145 Å². The predicted molar refractivity (Wildman–Crippen MR) is 86.2 cm³/mol. The number of alkyl halides is 3. The van der Waals surface area contributed by atoms with E-state index in [2.05, 4.69) is 4.98 Å². The van der Waals surface area contributed by atoms with Gasteiger partial charge in [-0.05, 0) is 24.6 Å². The molecule has 0 bridgehead atoms. The summed E-state index contributed by atoms with van der Waals surface area (Å²) in [6.07, 6.45) is -1.93. The van der Waals surface area contributed by atoms with Gasteiger partial charge < -0.3 is 4.90 Å². The number of halogens is 3. The highest BCUT2D eigenvalue weighted by Crippen LogP contribution is 2.30. The molecule has 25 heavy (non-hydrogen) atoms. The van der Waals surface area contributed by atoms with Gasteiger partial charge in [0, 0.05) is 30.1 Å². The first-order valence-electron chi connectivity index (χ1n) is 7.52. The number of likely N-dealkylation sites (tertiary alicyclic amines) is 1. The molecule has 5 nitrogen and oxygen atoms in total. The van der Waals surface area contributed by atoms with E-state index in [1.165, 1.54) is 39.5 Å². The summed E-state index contributed by atoms with van der Waals surface area (Å²) >= 11 is 1.18. The molecule has 0 N–H and O–H groups in total. The van der Waals surface area contributed by atoms with Crippen LogP contribution in [0, 0.1) is 0 Å². The lowest BCUT2D eigenvalue weighted by molar-refractivity contribution is -0.137. The Bertz CT molecular complexity index is 777. The van der Waals surface area contributed by atoms with E-state index >= 15 is 0 Å². The second-order valence-electron chi connectivity index (χ2n) is 5.53. The summed E-state index contributed by atoms with van der Waals surface area (Å²) in [5.41, 5.74) is -0.994. The third-order valence-corrected chi connectivity index (χ3v) is 4.61. The smallest absolute Gasteiger partial charge is 0.324 e. The van der Waals surface area contributed by atoms with Crippen LogP contribution < -0.4 is 4.90 Å². The Balaban J connectivity index is 1.90. The average Bonchev–Trinajstić information content (AvgIpc) is 3.23. The van der Waals surface area contributed by atoms with Crippen LogP contribution in [0.25, 0.3) is 0 Å². The van der Waals surface area contributed by atoms with Gasteiger partial charge in [0.15, 0.2) is 5.13 Å². The number of hydrogen-bond donors (Lipinski definition) is 0. The van der Waals surface area contributed by atoms with Crippen LogP contribution in [-0.4, -0.2) is 34.9 Å². The van der Waals surface area contributed by atoms with E-state index in [0.717, 1.165) is 12.1 Å². The number of benzene rings is 1. The third kappa shape index (κ3) is 3.81. The molecule has 1 aliphatic heterocycles. The van der Waals surface area contributed by atoms with Gasteiger partial charge in [0.1, 0.15) is 6.67 Å². The zero-order valence-corrected chi connectivity index (χ0v) is 13.8. The highest BCUT2D eigenvalue weighted by Gasteiger charge is 2.32. The van der Waals surface area contributed by atoms with Gasteiger partial charge in [0.05, 0.1) is 5.56 Å². The minimum absolute atomic E-state index is 0.0264. The van der Waals surface area contributed by atoms with Crippen molar-refractivity contribution in [3.8, 4) is 0 Å². The Kier molecular flexibility index (Phi) is 4.76. The van der Waals surface area contributed by atoms with Crippen molar-refractivity contribution < 1.29 is 22.8 Å². The van der Waals surface area contributed by atoms with Crippen LogP contribution in [0.1, 0.15) is 28.8 Å². The number of carbonyl (C=O) groups excluding carboxylic acids is 2. The number of rotatable bonds is 4. The second-order valence-corrected chi connectivity index (χ2v) is 6.40. The third-order valence-electron chi connectivity index (χ3n) is 3.82. The maximum atomic E-state index is 12.9. The fourth-order valence-electron chi connectivity index (χ4n) is 2.57. The number of carbonyl (C=O) groups is 2. The van der Waals surface area contributed by atoms with E-state index in [1.807, 2.05) is 0 Å². The molecular weight excluding hydrogens is 355 g/mol. The van der Waals surface area contributed by atoms with Gasteiger partial charge in [-0.25, -0.2) is 4.98 Å². The molecular formula is C16H14F3N3O2S. The predicted octanol–water partition coefficient (Wildman–Crippen LogP) is 3.39. The molecule has 2 heterocycles. The van der Waals surface area contributed by atoms with Crippen molar-refractivity contribution in [3.63, 3.8) is 0 Å². The number of thiazole rings is 1. The van der Waals surface area contributed by atoms with E-state index in [4.69, 9.17) is 0 Å². The van der Waals surface area contributed by atoms with Crippen molar-refractivity contribution in [1.82, 2.24) is 9.88 Å². The monoisotopic (exact) mass is 369 g/mol. The molecule has 9 heteroatoms. The number of aromatic nitrogens is 1. The van der Waals surface area contributed by atoms with Crippen molar-refractivity contribution in [2.75, 3.05) is 18.1 Å². The topological polar surface area (TPSA) is 53.5 Å². The molecule has 0 radical (unpaired) electrons. The molecule has 2 aromatic rings. The SMILES string of the molecule is O=C1CCCN1CN(C(=O)c1cccc(C(F)(F)F)c1)c1nccs1. The number of amides is 2. The summed E-state index contributed by atoms with van der Waals surface area (Å²) in [4.78, 5) is 31.5.